The van der Waals surface area contributed by atoms with E-state index in [1.807, 2.05) is 45.3 Å². The van der Waals surface area contributed by atoms with Gasteiger partial charge < -0.3 is 19.5 Å². The van der Waals surface area contributed by atoms with Gasteiger partial charge in [-0.25, -0.2) is 14.8 Å². The van der Waals surface area contributed by atoms with Gasteiger partial charge in [0.25, 0.3) is 0 Å². The summed E-state index contributed by atoms with van der Waals surface area (Å²) in [6.07, 6.45) is 5.35. The summed E-state index contributed by atoms with van der Waals surface area (Å²) in [5.41, 5.74) is 2.61. The molecule has 0 spiro atoms. The molecule has 0 radical (unpaired) electrons. The van der Waals surface area contributed by atoms with E-state index in [-0.39, 0.29) is 6.09 Å². The summed E-state index contributed by atoms with van der Waals surface area (Å²) < 4.78 is 5.47. The maximum absolute atomic E-state index is 12.3. The third-order valence-electron chi connectivity index (χ3n) is 4.76. The topological polar surface area (TPSA) is 74.3 Å². The Hall–Kier alpha value is -3.09. The van der Waals surface area contributed by atoms with E-state index in [1.165, 1.54) is 0 Å². The number of carbonyl (C=O) groups excluding carboxylic acids is 1. The summed E-state index contributed by atoms with van der Waals surface area (Å²) in [6, 6.07) is 8.11. The standard InChI is InChI=1S/C21H25N5O2/c1-21(2,3)28-20(27)26-11-9-25(10-12-26)18-13-15(6-8-22-18)17-14-24-19-16(17)5-4-7-23-19/h4-8,13-14H,9-12H2,1-3H3,(H,23,24). The molecule has 0 saturated carbocycles. The Balaban J connectivity index is 1.48. The van der Waals surface area contributed by atoms with E-state index < -0.39 is 5.60 Å². The minimum Gasteiger partial charge on any atom is -0.444 e. The van der Waals surface area contributed by atoms with Gasteiger partial charge in [-0.15, -0.1) is 0 Å². The average molecular weight is 379 g/mol. The number of hydrogen-bond donors (Lipinski definition) is 1. The zero-order chi connectivity index (χ0) is 19.7. The number of rotatable bonds is 2. The number of aromatic nitrogens is 3. The SMILES string of the molecule is CC(C)(C)OC(=O)N1CCN(c2cc(-c3c[nH]c4ncccc34)ccn2)CC1. The molecule has 0 unspecified atom stereocenters. The largest absolute Gasteiger partial charge is 0.444 e. The van der Waals surface area contributed by atoms with Crippen LogP contribution in [0.4, 0.5) is 10.6 Å². The van der Waals surface area contributed by atoms with Crippen molar-refractivity contribution in [1.29, 1.82) is 0 Å². The van der Waals surface area contributed by atoms with E-state index in [9.17, 15) is 4.79 Å². The molecule has 28 heavy (non-hydrogen) atoms. The molecule has 0 aliphatic carbocycles. The number of H-pyrrole nitrogens is 1. The Morgan fingerprint density at radius 2 is 1.89 bits per heavy atom. The van der Waals surface area contributed by atoms with Crippen LogP contribution in [-0.4, -0.2) is 57.7 Å². The molecule has 4 rings (SSSR count). The van der Waals surface area contributed by atoms with Crippen molar-refractivity contribution in [2.24, 2.45) is 0 Å². The van der Waals surface area contributed by atoms with Crippen LogP contribution in [0.15, 0.2) is 42.9 Å². The second kappa shape index (κ2) is 7.14. The molecule has 1 fully saturated rings. The van der Waals surface area contributed by atoms with Crippen molar-refractivity contribution in [3.8, 4) is 11.1 Å². The number of nitrogens with zero attached hydrogens (tertiary/aromatic N) is 4. The first-order valence-electron chi connectivity index (χ1n) is 9.52. The number of amides is 1. The highest BCUT2D eigenvalue weighted by Crippen LogP contribution is 2.29. The molecule has 0 atom stereocenters. The number of anilines is 1. The van der Waals surface area contributed by atoms with Crippen LogP contribution in [0.3, 0.4) is 0 Å². The van der Waals surface area contributed by atoms with Crippen molar-refractivity contribution in [2.75, 3.05) is 31.1 Å². The molecule has 7 heteroatoms. The van der Waals surface area contributed by atoms with Gasteiger partial charge in [-0.05, 0) is 50.6 Å². The van der Waals surface area contributed by atoms with Crippen molar-refractivity contribution in [2.45, 2.75) is 26.4 Å². The number of nitrogens with one attached hydrogen (secondary N) is 1. The molecule has 4 heterocycles. The molecule has 1 aliphatic rings. The molecule has 0 bridgehead atoms. The van der Waals surface area contributed by atoms with Crippen molar-refractivity contribution >= 4 is 22.9 Å². The van der Waals surface area contributed by atoms with E-state index in [0.717, 1.165) is 41.1 Å². The fourth-order valence-electron chi connectivity index (χ4n) is 3.40. The van der Waals surface area contributed by atoms with E-state index in [0.29, 0.717) is 13.1 Å². The van der Waals surface area contributed by atoms with Gasteiger partial charge in [-0.1, -0.05) is 0 Å². The monoisotopic (exact) mass is 379 g/mol. The molecule has 146 valence electrons. The number of aromatic amines is 1. The van der Waals surface area contributed by atoms with Gasteiger partial charge in [0.1, 0.15) is 17.1 Å². The normalized spacial score (nSPS) is 15.1. The summed E-state index contributed by atoms with van der Waals surface area (Å²) in [5, 5.41) is 1.09. The highest BCUT2D eigenvalue weighted by molar-refractivity contribution is 5.93. The minimum absolute atomic E-state index is 0.250. The lowest BCUT2D eigenvalue weighted by Gasteiger charge is -2.36. The van der Waals surface area contributed by atoms with E-state index in [4.69, 9.17) is 4.74 Å². The number of fused-ring (bicyclic) bond motifs is 1. The highest BCUT2D eigenvalue weighted by atomic mass is 16.6. The maximum atomic E-state index is 12.3. The molecular weight excluding hydrogens is 354 g/mol. The van der Waals surface area contributed by atoms with Crippen molar-refractivity contribution < 1.29 is 9.53 Å². The summed E-state index contributed by atoms with van der Waals surface area (Å²) in [5.74, 6) is 0.916. The van der Waals surface area contributed by atoms with Gasteiger partial charge in [0, 0.05) is 55.7 Å². The maximum Gasteiger partial charge on any atom is 0.410 e. The van der Waals surface area contributed by atoms with Crippen LogP contribution in [0.5, 0.6) is 0 Å². The average Bonchev–Trinajstić information content (AvgIpc) is 3.11. The zero-order valence-electron chi connectivity index (χ0n) is 16.5. The Bertz CT molecular complexity index is 984. The molecule has 1 aliphatic heterocycles. The molecular formula is C21H25N5O2. The molecule has 1 saturated heterocycles. The van der Waals surface area contributed by atoms with E-state index >= 15 is 0 Å². The first-order valence-corrected chi connectivity index (χ1v) is 9.52. The quantitative estimate of drug-likeness (QED) is 0.735. The fourth-order valence-corrected chi connectivity index (χ4v) is 3.40. The smallest absolute Gasteiger partial charge is 0.410 e. The lowest BCUT2D eigenvalue weighted by Crippen LogP contribution is -2.50. The number of hydrogen-bond acceptors (Lipinski definition) is 5. The van der Waals surface area contributed by atoms with E-state index in [2.05, 4.69) is 32.0 Å². The highest BCUT2D eigenvalue weighted by Gasteiger charge is 2.26. The Kier molecular flexibility index (Phi) is 4.66. The number of pyridine rings is 2. The predicted molar refractivity (Wildman–Crippen MR) is 109 cm³/mol. The van der Waals surface area contributed by atoms with Crippen LogP contribution in [0.25, 0.3) is 22.2 Å². The first kappa shape index (κ1) is 18.3. The summed E-state index contributed by atoms with van der Waals surface area (Å²) in [6.45, 7) is 8.36. The van der Waals surface area contributed by atoms with Crippen molar-refractivity contribution in [3.05, 3.63) is 42.9 Å². The van der Waals surface area contributed by atoms with Gasteiger partial charge in [0.2, 0.25) is 0 Å². The molecule has 1 N–H and O–H groups in total. The Labute approximate surface area is 164 Å². The number of piperazine rings is 1. The third kappa shape index (κ3) is 3.78. The zero-order valence-corrected chi connectivity index (χ0v) is 16.5. The molecule has 3 aromatic heterocycles. The van der Waals surface area contributed by atoms with Crippen LogP contribution in [0.1, 0.15) is 20.8 Å². The molecule has 1 amide bonds. The van der Waals surface area contributed by atoms with Crippen LogP contribution in [0.2, 0.25) is 0 Å². The van der Waals surface area contributed by atoms with Crippen LogP contribution in [0, 0.1) is 0 Å². The van der Waals surface area contributed by atoms with Crippen LogP contribution in [-0.2, 0) is 4.74 Å². The van der Waals surface area contributed by atoms with Crippen LogP contribution < -0.4 is 4.90 Å². The van der Waals surface area contributed by atoms with Gasteiger partial charge >= 0.3 is 6.09 Å². The first-order chi connectivity index (χ1) is 13.4. The second-order valence-corrected chi connectivity index (χ2v) is 7.96. The van der Waals surface area contributed by atoms with E-state index in [1.54, 1.807) is 11.1 Å². The predicted octanol–water partition coefficient (Wildman–Crippen LogP) is 3.68. The third-order valence-corrected chi connectivity index (χ3v) is 4.76. The van der Waals surface area contributed by atoms with Gasteiger partial charge in [-0.2, -0.15) is 0 Å². The molecule has 7 nitrogen and oxygen atoms in total. The van der Waals surface area contributed by atoms with Crippen molar-refractivity contribution in [3.63, 3.8) is 0 Å². The van der Waals surface area contributed by atoms with Gasteiger partial charge in [0.15, 0.2) is 0 Å². The van der Waals surface area contributed by atoms with Gasteiger partial charge in [0.05, 0.1) is 0 Å². The van der Waals surface area contributed by atoms with Crippen molar-refractivity contribution in [1.82, 2.24) is 19.9 Å². The number of ether oxygens (including phenoxy) is 1. The second-order valence-electron chi connectivity index (χ2n) is 7.96. The minimum atomic E-state index is -0.474. The fraction of sp³-hybridized carbons (Fsp3) is 0.381. The number of carbonyl (C=O) groups is 1. The lowest BCUT2D eigenvalue weighted by molar-refractivity contribution is 0.0240. The Morgan fingerprint density at radius 3 is 2.64 bits per heavy atom. The summed E-state index contributed by atoms with van der Waals surface area (Å²) in [7, 11) is 0. The Morgan fingerprint density at radius 1 is 1.11 bits per heavy atom. The van der Waals surface area contributed by atoms with Gasteiger partial charge in [-0.3, -0.25) is 0 Å². The van der Waals surface area contributed by atoms with Crippen LogP contribution >= 0.6 is 0 Å². The lowest BCUT2D eigenvalue weighted by atomic mass is 10.1. The summed E-state index contributed by atoms with van der Waals surface area (Å²) >= 11 is 0. The molecule has 3 aromatic rings. The summed E-state index contributed by atoms with van der Waals surface area (Å²) in [4.78, 5) is 28.3. The molecule has 0 aromatic carbocycles.